The maximum atomic E-state index is 12.1. The van der Waals surface area contributed by atoms with Crippen molar-refractivity contribution < 1.29 is 9.53 Å². The van der Waals surface area contributed by atoms with Crippen molar-refractivity contribution in [2.75, 3.05) is 6.61 Å². The summed E-state index contributed by atoms with van der Waals surface area (Å²) in [6, 6.07) is 9.09. The summed E-state index contributed by atoms with van der Waals surface area (Å²) in [7, 11) is 0. The molecule has 19 heavy (non-hydrogen) atoms. The third-order valence-corrected chi connectivity index (χ3v) is 3.35. The van der Waals surface area contributed by atoms with E-state index in [1.807, 2.05) is 24.3 Å². The van der Waals surface area contributed by atoms with Crippen LogP contribution in [-0.2, 0) is 0 Å². The first-order valence-corrected chi connectivity index (χ1v) is 6.25. The second kappa shape index (κ2) is 4.90. The Hall–Kier alpha value is -2.07. The first-order valence-electron chi connectivity index (χ1n) is 5.88. The van der Waals surface area contributed by atoms with Gasteiger partial charge in [-0.3, -0.25) is 9.78 Å². The summed E-state index contributed by atoms with van der Waals surface area (Å²) in [5.41, 5.74) is 1.35. The van der Waals surface area contributed by atoms with Crippen molar-refractivity contribution >= 4 is 17.5 Å². The van der Waals surface area contributed by atoms with Crippen LogP contribution in [-0.4, -0.2) is 17.5 Å². The number of ether oxygens (including phenoxy) is 1. The van der Waals surface area contributed by atoms with Crippen LogP contribution in [0.5, 0.6) is 5.75 Å². The molecule has 1 N–H and O–H groups in total. The largest absolute Gasteiger partial charge is 0.491 e. The Morgan fingerprint density at radius 1 is 1.37 bits per heavy atom. The van der Waals surface area contributed by atoms with E-state index in [-0.39, 0.29) is 11.9 Å². The van der Waals surface area contributed by atoms with E-state index >= 15 is 0 Å². The van der Waals surface area contributed by atoms with Crippen LogP contribution in [0.2, 0.25) is 5.02 Å². The number of carbonyl (C=O) groups is 1. The zero-order chi connectivity index (χ0) is 13.2. The van der Waals surface area contributed by atoms with E-state index in [1.165, 1.54) is 6.20 Å². The second-order valence-electron chi connectivity index (χ2n) is 4.23. The first-order chi connectivity index (χ1) is 9.25. The highest BCUT2D eigenvalue weighted by Gasteiger charge is 2.25. The van der Waals surface area contributed by atoms with Gasteiger partial charge in [0.2, 0.25) is 0 Å². The Labute approximate surface area is 115 Å². The number of hydrogen-bond donors (Lipinski definition) is 1. The Morgan fingerprint density at radius 3 is 3.05 bits per heavy atom. The van der Waals surface area contributed by atoms with E-state index in [9.17, 15) is 4.79 Å². The number of para-hydroxylation sites is 1. The van der Waals surface area contributed by atoms with Crippen LogP contribution in [0.3, 0.4) is 0 Å². The lowest BCUT2D eigenvalue weighted by atomic mass is 10.1. The maximum absolute atomic E-state index is 12.1. The SMILES string of the molecule is O=C(NC1COc2ccccc21)c1cnccc1Cl. The predicted molar refractivity (Wildman–Crippen MR) is 71.4 cm³/mol. The number of benzene rings is 1. The molecule has 2 heterocycles. The highest BCUT2D eigenvalue weighted by atomic mass is 35.5. The minimum Gasteiger partial charge on any atom is -0.491 e. The van der Waals surface area contributed by atoms with Crippen molar-refractivity contribution in [1.82, 2.24) is 10.3 Å². The Bertz CT molecular complexity index is 630. The predicted octanol–water partition coefficient (Wildman–Crippen LogP) is 2.60. The van der Waals surface area contributed by atoms with Crippen LogP contribution in [0, 0.1) is 0 Å². The van der Waals surface area contributed by atoms with Gasteiger partial charge in [0.1, 0.15) is 12.4 Å². The summed E-state index contributed by atoms with van der Waals surface area (Å²) in [6.07, 6.45) is 3.01. The number of nitrogens with one attached hydrogen (secondary N) is 1. The highest BCUT2D eigenvalue weighted by molar-refractivity contribution is 6.33. The van der Waals surface area contributed by atoms with Crippen molar-refractivity contribution in [3.05, 3.63) is 58.9 Å². The number of halogens is 1. The highest BCUT2D eigenvalue weighted by Crippen LogP contribution is 2.31. The van der Waals surface area contributed by atoms with Crippen LogP contribution < -0.4 is 10.1 Å². The van der Waals surface area contributed by atoms with Crippen molar-refractivity contribution in [2.45, 2.75) is 6.04 Å². The normalized spacial score (nSPS) is 16.6. The number of hydrogen-bond acceptors (Lipinski definition) is 3. The van der Waals surface area contributed by atoms with E-state index in [1.54, 1.807) is 12.3 Å². The first kappa shape index (κ1) is 12.0. The summed E-state index contributed by atoms with van der Waals surface area (Å²) >= 11 is 5.97. The third-order valence-electron chi connectivity index (χ3n) is 3.02. The fraction of sp³-hybridized carbons (Fsp3) is 0.143. The molecule has 1 aliphatic rings. The number of nitrogens with zero attached hydrogens (tertiary/aromatic N) is 1. The molecule has 4 nitrogen and oxygen atoms in total. The van der Waals surface area contributed by atoms with Crippen molar-refractivity contribution in [1.29, 1.82) is 0 Å². The van der Waals surface area contributed by atoms with Crippen LogP contribution in [0.1, 0.15) is 22.0 Å². The van der Waals surface area contributed by atoms with Crippen LogP contribution in [0.25, 0.3) is 0 Å². The summed E-state index contributed by atoms with van der Waals surface area (Å²) in [4.78, 5) is 16.0. The number of rotatable bonds is 2. The molecule has 0 bridgehead atoms. The smallest absolute Gasteiger partial charge is 0.254 e. The quantitative estimate of drug-likeness (QED) is 0.916. The van der Waals surface area contributed by atoms with Gasteiger partial charge in [-0.1, -0.05) is 29.8 Å². The van der Waals surface area contributed by atoms with Crippen LogP contribution in [0.15, 0.2) is 42.7 Å². The van der Waals surface area contributed by atoms with Gasteiger partial charge >= 0.3 is 0 Å². The standard InChI is InChI=1S/C14H11ClN2O2/c15-11-5-6-16-7-10(11)14(18)17-12-8-19-13-4-2-1-3-9(12)13/h1-7,12H,8H2,(H,17,18). The molecule has 0 spiro atoms. The van der Waals surface area contributed by atoms with Crippen molar-refractivity contribution in [3.8, 4) is 5.75 Å². The number of amides is 1. The molecular formula is C14H11ClN2O2. The molecule has 0 fully saturated rings. The molecule has 3 rings (SSSR count). The van der Waals surface area contributed by atoms with Gasteiger partial charge in [-0.15, -0.1) is 0 Å². The third kappa shape index (κ3) is 2.27. The van der Waals surface area contributed by atoms with Gasteiger partial charge in [-0.25, -0.2) is 0 Å². The van der Waals surface area contributed by atoms with Crippen molar-refractivity contribution in [3.63, 3.8) is 0 Å². The lowest BCUT2D eigenvalue weighted by Gasteiger charge is -2.12. The fourth-order valence-electron chi connectivity index (χ4n) is 2.06. The molecule has 0 radical (unpaired) electrons. The summed E-state index contributed by atoms with van der Waals surface area (Å²) in [5, 5.41) is 3.29. The van der Waals surface area contributed by atoms with Gasteiger partial charge in [0.15, 0.2) is 0 Å². The molecular weight excluding hydrogens is 264 g/mol. The number of fused-ring (bicyclic) bond motifs is 1. The van der Waals surface area contributed by atoms with E-state index in [4.69, 9.17) is 16.3 Å². The maximum Gasteiger partial charge on any atom is 0.254 e. The Kier molecular flexibility index (Phi) is 3.09. The van der Waals surface area contributed by atoms with Gasteiger partial charge in [0.25, 0.3) is 5.91 Å². The van der Waals surface area contributed by atoms with E-state index in [0.29, 0.717) is 17.2 Å². The van der Waals surface area contributed by atoms with Gasteiger partial charge < -0.3 is 10.1 Å². The van der Waals surface area contributed by atoms with Crippen LogP contribution in [0.4, 0.5) is 0 Å². The summed E-state index contributed by atoms with van der Waals surface area (Å²) < 4.78 is 5.51. The molecule has 1 unspecified atom stereocenters. The lowest BCUT2D eigenvalue weighted by Crippen LogP contribution is -2.29. The second-order valence-corrected chi connectivity index (χ2v) is 4.64. The zero-order valence-electron chi connectivity index (χ0n) is 9.97. The van der Waals surface area contributed by atoms with Crippen LogP contribution >= 0.6 is 11.6 Å². The molecule has 0 aliphatic carbocycles. The van der Waals surface area contributed by atoms with E-state index in [0.717, 1.165) is 11.3 Å². The average molecular weight is 275 g/mol. The van der Waals surface area contributed by atoms with E-state index < -0.39 is 0 Å². The molecule has 2 aromatic rings. The lowest BCUT2D eigenvalue weighted by molar-refractivity contribution is 0.0930. The summed E-state index contributed by atoms with van der Waals surface area (Å²) in [5.74, 6) is 0.563. The van der Waals surface area contributed by atoms with Crippen molar-refractivity contribution in [2.24, 2.45) is 0 Å². The fourth-order valence-corrected chi connectivity index (χ4v) is 2.25. The molecule has 5 heteroatoms. The van der Waals surface area contributed by atoms with Gasteiger partial charge in [-0.2, -0.15) is 0 Å². The number of carbonyl (C=O) groups excluding carboxylic acids is 1. The van der Waals surface area contributed by atoms with E-state index in [2.05, 4.69) is 10.3 Å². The minimum atomic E-state index is -0.247. The molecule has 1 aromatic heterocycles. The summed E-state index contributed by atoms with van der Waals surface area (Å²) in [6.45, 7) is 0.433. The number of pyridine rings is 1. The monoisotopic (exact) mass is 274 g/mol. The topological polar surface area (TPSA) is 51.2 Å². The Balaban J connectivity index is 1.81. The molecule has 1 aliphatic heterocycles. The average Bonchev–Trinajstić information content (AvgIpc) is 2.83. The molecule has 96 valence electrons. The molecule has 0 saturated heterocycles. The molecule has 1 atom stereocenters. The van der Waals surface area contributed by atoms with Gasteiger partial charge in [-0.05, 0) is 12.1 Å². The van der Waals surface area contributed by atoms with Gasteiger partial charge in [0, 0.05) is 18.0 Å². The Morgan fingerprint density at radius 2 is 2.21 bits per heavy atom. The molecule has 1 amide bonds. The molecule has 0 saturated carbocycles. The van der Waals surface area contributed by atoms with Gasteiger partial charge in [0.05, 0.1) is 16.6 Å². The molecule has 1 aromatic carbocycles. The zero-order valence-corrected chi connectivity index (χ0v) is 10.7. The number of aromatic nitrogens is 1. The minimum absolute atomic E-state index is 0.153.